The maximum Gasteiger partial charge on any atom is 0.322 e. The number of carboxylic acids is 1. The van der Waals surface area contributed by atoms with Gasteiger partial charge in [-0.3, -0.25) is 19.6 Å². The van der Waals surface area contributed by atoms with Crippen molar-refractivity contribution in [3.8, 4) is 11.3 Å². The van der Waals surface area contributed by atoms with Gasteiger partial charge in [0.05, 0.1) is 5.69 Å². The van der Waals surface area contributed by atoms with Gasteiger partial charge in [-0.2, -0.15) is 0 Å². The summed E-state index contributed by atoms with van der Waals surface area (Å²) in [4.78, 5) is 19.8. The highest BCUT2D eigenvalue weighted by molar-refractivity contribution is 5.73. The number of likely N-dealkylation sites (N-methyl/N-ethyl adjacent to an activating group) is 1. The average molecular weight is 311 g/mol. The van der Waals surface area contributed by atoms with E-state index in [2.05, 4.69) is 28.1 Å². The van der Waals surface area contributed by atoms with Crippen molar-refractivity contribution in [1.29, 1.82) is 0 Å². The number of nitrogens with zero attached hydrogens (tertiary/aromatic N) is 3. The summed E-state index contributed by atoms with van der Waals surface area (Å²) >= 11 is 0. The van der Waals surface area contributed by atoms with Crippen LogP contribution in [0.25, 0.3) is 11.3 Å². The van der Waals surface area contributed by atoms with Gasteiger partial charge in [0.25, 0.3) is 0 Å². The Morgan fingerprint density at radius 2 is 2.13 bits per heavy atom. The molecule has 0 amide bonds. The molecule has 0 saturated carbocycles. The minimum atomic E-state index is -0.751. The van der Waals surface area contributed by atoms with E-state index in [0.29, 0.717) is 6.54 Å². The third-order valence-corrected chi connectivity index (χ3v) is 4.31. The predicted octanol–water partition coefficient (Wildman–Crippen LogP) is 1.95. The predicted molar refractivity (Wildman–Crippen MR) is 89.0 cm³/mol. The van der Waals surface area contributed by atoms with Crippen LogP contribution in [0.3, 0.4) is 0 Å². The van der Waals surface area contributed by atoms with E-state index in [-0.39, 0.29) is 0 Å². The molecule has 2 aromatic rings. The van der Waals surface area contributed by atoms with Crippen LogP contribution in [0.1, 0.15) is 5.56 Å². The highest BCUT2D eigenvalue weighted by Crippen LogP contribution is 2.19. The van der Waals surface area contributed by atoms with Crippen molar-refractivity contribution in [3.63, 3.8) is 0 Å². The minimum Gasteiger partial charge on any atom is -0.480 e. The molecule has 1 atom stereocenters. The van der Waals surface area contributed by atoms with E-state index in [9.17, 15) is 9.90 Å². The van der Waals surface area contributed by atoms with Gasteiger partial charge < -0.3 is 5.11 Å². The van der Waals surface area contributed by atoms with Crippen molar-refractivity contribution < 1.29 is 9.90 Å². The largest absolute Gasteiger partial charge is 0.480 e. The molecule has 1 saturated heterocycles. The van der Waals surface area contributed by atoms with E-state index in [4.69, 9.17) is 0 Å². The van der Waals surface area contributed by atoms with E-state index >= 15 is 0 Å². The molecular formula is C18H21N3O2. The summed E-state index contributed by atoms with van der Waals surface area (Å²) in [7, 11) is 1.87. The first-order chi connectivity index (χ1) is 11.1. The van der Waals surface area contributed by atoms with Crippen molar-refractivity contribution in [1.82, 2.24) is 14.8 Å². The molecule has 5 nitrogen and oxygen atoms in total. The van der Waals surface area contributed by atoms with Crippen LogP contribution in [0.15, 0.2) is 48.7 Å². The van der Waals surface area contributed by atoms with E-state index < -0.39 is 12.0 Å². The summed E-state index contributed by atoms with van der Waals surface area (Å²) in [5, 5.41) is 9.31. The number of aromatic nitrogens is 1. The van der Waals surface area contributed by atoms with E-state index in [1.165, 1.54) is 5.56 Å². The first-order valence-corrected chi connectivity index (χ1v) is 7.79. The SMILES string of the molecule is CN1CCN(Cc2cccc(-c3ccccn3)c2)C[C@H]1C(=O)O. The molecule has 23 heavy (non-hydrogen) atoms. The molecule has 1 N–H and O–H groups in total. The summed E-state index contributed by atoms with van der Waals surface area (Å²) < 4.78 is 0. The highest BCUT2D eigenvalue weighted by Gasteiger charge is 2.29. The molecule has 0 spiro atoms. The van der Waals surface area contributed by atoms with Crippen LogP contribution >= 0.6 is 0 Å². The molecule has 1 aliphatic rings. The second-order valence-electron chi connectivity index (χ2n) is 5.99. The molecule has 0 aliphatic carbocycles. The third kappa shape index (κ3) is 3.75. The Balaban J connectivity index is 1.72. The van der Waals surface area contributed by atoms with Crippen LogP contribution in [0, 0.1) is 0 Å². The lowest BCUT2D eigenvalue weighted by Gasteiger charge is -2.37. The summed E-state index contributed by atoms with van der Waals surface area (Å²) in [6.07, 6.45) is 1.79. The molecule has 1 aliphatic heterocycles. The number of carbonyl (C=O) groups is 1. The Morgan fingerprint density at radius 1 is 1.26 bits per heavy atom. The maximum atomic E-state index is 11.3. The van der Waals surface area contributed by atoms with Crippen molar-refractivity contribution in [3.05, 3.63) is 54.2 Å². The molecule has 3 rings (SSSR count). The second kappa shape index (κ2) is 6.89. The fourth-order valence-electron chi connectivity index (χ4n) is 2.96. The minimum absolute atomic E-state index is 0.428. The number of aliphatic carboxylic acids is 1. The Bertz CT molecular complexity index is 675. The number of pyridine rings is 1. The smallest absolute Gasteiger partial charge is 0.322 e. The van der Waals surface area contributed by atoms with Crippen molar-refractivity contribution in [2.45, 2.75) is 12.6 Å². The van der Waals surface area contributed by atoms with Gasteiger partial charge in [-0.1, -0.05) is 24.3 Å². The molecule has 120 valence electrons. The van der Waals surface area contributed by atoms with Crippen LogP contribution in [0.2, 0.25) is 0 Å². The Kier molecular flexibility index (Phi) is 4.69. The van der Waals surface area contributed by atoms with Gasteiger partial charge >= 0.3 is 5.97 Å². The lowest BCUT2D eigenvalue weighted by Crippen LogP contribution is -2.54. The van der Waals surface area contributed by atoms with Gasteiger partial charge in [-0.15, -0.1) is 0 Å². The molecule has 1 aromatic heterocycles. The van der Waals surface area contributed by atoms with Crippen molar-refractivity contribution in [2.75, 3.05) is 26.7 Å². The van der Waals surface area contributed by atoms with Gasteiger partial charge in [0, 0.05) is 37.9 Å². The normalized spacial score (nSPS) is 19.6. The zero-order valence-electron chi connectivity index (χ0n) is 13.2. The monoisotopic (exact) mass is 311 g/mol. The molecule has 2 heterocycles. The number of benzene rings is 1. The number of rotatable bonds is 4. The second-order valence-corrected chi connectivity index (χ2v) is 5.99. The quantitative estimate of drug-likeness (QED) is 0.935. The van der Waals surface area contributed by atoms with Gasteiger partial charge in [0.15, 0.2) is 0 Å². The fraction of sp³-hybridized carbons (Fsp3) is 0.333. The summed E-state index contributed by atoms with van der Waals surface area (Å²) in [6.45, 7) is 2.98. The molecule has 0 bridgehead atoms. The lowest BCUT2D eigenvalue weighted by molar-refractivity contribution is -0.145. The maximum absolute atomic E-state index is 11.3. The first kappa shape index (κ1) is 15.6. The standard InChI is InChI=1S/C18H21N3O2/c1-20-9-10-21(13-17(20)18(22)23)12-14-5-4-6-15(11-14)16-7-2-3-8-19-16/h2-8,11,17H,9-10,12-13H2,1H3,(H,22,23)/t17-/m0/s1. The molecule has 1 aromatic carbocycles. The molecular weight excluding hydrogens is 290 g/mol. The van der Waals surface area contributed by atoms with E-state index in [1.807, 2.05) is 36.2 Å². The van der Waals surface area contributed by atoms with Gasteiger partial charge in [-0.05, 0) is 30.8 Å². The fourth-order valence-corrected chi connectivity index (χ4v) is 2.96. The van der Waals surface area contributed by atoms with Gasteiger partial charge in [0.1, 0.15) is 6.04 Å². The number of hydrogen-bond acceptors (Lipinski definition) is 4. The van der Waals surface area contributed by atoms with E-state index in [0.717, 1.165) is 30.9 Å². The summed E-state index contributed by atoms with van der Waals surface area (Å²) in [5.41, 5.74) is 3.23. The van der Waals surface area contributed by atoms with Crippen LogP contribution in [-0.4, -0.2) is 58.6 Å². The van der Waals surface area contributed by atoms with Crippen LogP contribution in [0.4, 0.5) is 0 Å². The topological polar surface area (TPSA) is 56.7 Å². The average Bonchev–Trinajstić information content (AvgIpc) is 2.57. The Hall–Kier alpha value is -2.24. The van der Waals surface area contributed by atoms with Crippen LogP contribution in [-0.2, 0) is 11.3 Å². The van der Waals surface area contributed by atoms with E-state index in [1.54, 1.807) is 6.20 Å². The number of carboxylic acid groups (broad SMARTS) is 1. The zero-order chi connectivity index (χ0) is 16.2. The lowest BCUT2D eigenvalue weighted by atomic mass is 10.1. The zero-order valence-corrected chi connectivity index (χ0v) is 13.2. The first-order valence-electron chi connectivity index (χ1n) is 7.79. The number of hydrogen-bond donors (Lipinski definition) is 1. The van der Waals surface area contributed by atoms with Gasteiger partial charge in [-0.25, -0.2) is 0 Å². The summed E-state index contributed by atoms with van der Waals surface area (Å²) in [5.74, 6) is -0.751. The third-order valence-electron chi connectivity index (χ3n) is 4.31. The number of piperazine rings is 1. The van der Waals surface area contributed by atoms with Gasteiger partial charge in [0.2, 0.25) is 0 Å². The molecule has 0 radical (unpaired) electrons. The summed E-state index contributed by atoms with van der Waals surface area (Å²) in [6, 6.07) is 13.8. The highest BCUT2D eigenvalue weighted by atomic mass is 16.4. The van der Waals surface area contributed by atoms with Crippen LogP contribution in [0.5, 0.6) is 0 Å². The van der Waals surface area contributed by atoms with Crippen molar-refractivity contribution in [2.24, 2.45) is 0 Å². The Morgan fingerprint density at radius 3 is 2.87 bits per heavy atom. The molecule has 5 heteroatoms. The molecule has 0 unspecified atom stereocenters. The Labute approximate surface area is 136 Å². The van der Waals surface area contributed by atoms with Crippen LogP contribution < -0.4 is 0 Å². The van der Waals surface area contributed by atoms with Crippen molar-refractivity contribution >= 4 is 5.97 Å². The molecule has 1 fully saturated rings.